The van der Waals surface area contributed by atoms with E-state index in [4.69, 9.17) is 9.15 Å². The lowest BCUT2D eigenvalue weighted by atomic mass is 9.87. The van der Waals surface area contributed by atoms with Crippen LogP contribution in [0.1, 0.15) is 31.9 Å². The van der Waals surface area contributed by atoms with Crippen LogP contribution in [0, 0.1) is 0 Å². The van der Waals surface area contributed by atoms with Crippen LogP contribution in [0.15, 0.2) is 71.1 Å². The Bertz CT molecular complexity index is 1220. The van der Waals surface area contributed by atoms with Gasteiger partial charge >= 0.3 is 0 Å². The van der Waals surface area contributed by atoms with Crippen molar-refractivity contribution in [2.75, 3.05) is 12.4 Å². The van der Waals surface area contributed by atoms with Crippen LogP contribution < -0.4 is 10.1 Å². The Kier molecular flexibility index (Phi) is 5.51. The molecule has 0 fully saturated rings. The van der Waals surface area contributed by atoms with Gasteiger partial charge in [0, 0.05) is 22.9 Å². The predicted molar refractivity (Wildman–Crippen MR) is 123 cm³/mol. The van der Waals surface area contributed by atoms with E-state index < -0.39 is 0 Å². The average Bonchev–Trinajstić information content (AvgIpc) is 3.17. The number of carbonyl (C=O) groups excluding carboxylic acids is 1. The molecule has 1 N–H and O–H groups in total. The molecule has 0 unspecified atom stereocenters. The van der Waals surface area contributed by atoms with E-state index in [1.54, 1.807) is 13.2 Å². The first-order chi connectivity index (χ1) is 14.8. The summed E-state index contributed by atoms with van der Waals surface area (Å²) in [6, 6.07) is 21.3. The number of hydrogen-bond donors (Lipinski definition) is 1. The number of methoxy groups -OCH3 is 1. The fourth-order valence-corrected chi connectivity index (χ4v) is 3.47. The molecule has 31 heavy (non-hydrogen) atoms. The van der Waals surface area contributed by atoms with Crippen LogP contribution in [0.3, 0.4) is 0 Å². The molecule has 0 saturated heterocycles. The molecule has 1 amide bonds. The number of rotatable bonds is 5. The smallest absolute Gasteiger partial charge is 0.228 e. The zero-order chi connectivity index (χ0) is 22.0. The fraction of sp³-hybridized carbons (Fsp3) is 0.231. The van der Waals surface area contributed by atoms with Crippen LogP contribution in [-0.2, 0) is 16.6 Å². The number of fused-ring (bicyclic) bond motifs is 1. The molecule has 5 heteroatoms. The zero-order valence-electron chi connectivity index (χ0n) is 18.2. The van der Waals surface area contributed by atoms with Crippen molar-refractivity contribution in [2.24, 2.45) is 0 Å². The highest BCUT2D eigenvalue weighted by Crippen LogP contribution is 2.29. The fourth-order valence-electron chi connectivity index (χ4n) is 3.47. The van der Waals surface area contributed by atoms with E-state index in [-0.39, 0.29) is 17.7 Å². The predicted octanol–water partition coefficient (Wildman–Crippen LogP) is 5.98. The van der Waals surface area contributed by atoms with E-state index in [2.05, 4.69) is 43.2 Å². The van der Waals surface area contributed by atoms with Crippen molar-refractivity contribution in [3.63, 3.8) is 0 Å². The molecular weight excluding hydrogens is 388 g/mol. The van der Waals surface area contributed by atoms with Crippen molar-refractivity contribution >= 4 is 22.7 Å². The van der Waals surface area contributed by atoms with Crippen LogP contribution in [0.25, 0.3) is 22.6 Å². The summed E-state index contributed by atoms with van der Waals surface area (Å²) in [6.07, 6.45) is 0.226. The minimum absolute atomic E-state index is 0.0940. The Morgan fingerprint density at radius 3 is 2.48 bits per heavy atom. The van der Waals surface area contributed by atoms with Gasteiger partial charge in [-0.05, 0) is 41.3 Å². The van der Waals surface area contributed by atoms with Gasteiger partial charge in [0.2, 0.25) is 11.8 Å². The number of benzene rings is 3. The van der Waals surface area contributed by atoms with Gasteiger partial charge in [0.15, 0.2) is 5.58 Å². The van der Waals surface area contributed by atoms with Crippen LogP contribution in [0.2, 0.25) is 0 Å². The second-order valence-electron chi connectivity index (χ2n) is 8.57. The standard InChI is InChI=1S/C26H26N2O3/c1-26(2,3)19-11-9-17(10-12-19)25-28-21-14-13-20(16-23(21)31-25)27-24(29)15-18-7-5-6-8-22(18)30-4/h5-14,16H,15H2,1-4H3,(H,27,29). The van der Waals surface area contributed by atoms with E-state index in [0.717, 1.165) is 16.6 Å². The quantitative estimate of drug-likeness (QED) is 0.436. The molecule has 4 aromatic rings. The molecule has 0 saturated carbocycles. The summed E-state index contributed by atoms with van der Waals surface area (Å²) in [4.78, 5) is 17.1. The van der Waals surface area contributed by atoms with Crippen molar-refractivity contribution < 1.29 is 13.9 Å². The first kappa shape index (κ1) is 20.7. The van der Waals surface area contributed by atoms with Gasteiger partial charge in [0.05, 0.1) is 13.5 Å². The SMILES string of the molecule is COc1ccccc1CC(=O)Nc1ccc2nc(-c3ccc(C(C)(C)C)cc3)oc2c1. The van der Waals surface area contributed by atoms with Crippen LogP contribution in [0.4, 0.5) is 5.69 Å². The number of anilines is 1. The van der Waals surface area contributed by atoms with Crippen molar-refractivity contribution in [1.29, 1.82) is 0 Å². The van der Waals surface area contributed by atoms with Gasteiger partial charge in [0.25, 0.3) is 0 Å². The van der Waals surface area contributed by atoms with Crippen molar-refractivity contribution in [3.8, 4) is 17.2 Å². The van der Waals surface area contributed by atoms with Crippen LogP contribution >= 0.6 is 0 Å². The molecule has 5 nitrogen and oxygen atoms in total. The maximum Gasteiger partial charge on any atom is 0.228 e. The number of carbonyl (C=O) groups is 1. The van der Waals surface area contributed by atoms with Crippen molar-refractivity contribution in [3.05, 3.63) is 77.9 Å². The number of oxazole rings is 1. The molecule has 0 bridgehead atoms. The maximum absolute atomic E-state index is 12.5. The number of hydrogen-bond acceptors (Lipinski definition) is 4. The summed E-state index contributed by atoms with van der Waals surface area (Å²) in [5, 5.41) is 2.92. The summed E-state index contributed by atoms with van der Waals surface area (Å²) >= 11 is 0. The minimum Gasteiger partial charge on any atom is -0.496 e. The van der Waals surface area contributed by atoms with Crippen molar-refractivity contribution in [1.82, 2.24) is 4.98 Å². The Labute approximate surface area is 182 Å². The van der Waals surface area contributed by atoms with E-state index in [1.165, 1.54) is 5.56 Å². The van der Waals surface area contributed by atoms with Gasteiger partial charge in [-0.15, -0.1) is 0 Å². The molecule has 0 radical (unpaired) electrons. The van der Waals surface area contributed by atoms with Crippen LogP contribution in [-0.4, -0.2) is 18.0 Å². The second kappa shape index (κ2) is 8.26. The number of ether oxygens (including phenoxy) is 1. The Morgan fingerprint density at radius 2 is 1.77 bits per heavy atom. The molecule has 0 aliphatic heterocycles. The molecule has 158 valence electrons. The van der Waals surface area contributed by atoms with E-state index in [1.807, 2.05) is 48.5 Å². The van der Waals surface area contributed by atoms with Gasteiger partial charge in [-0.1, -0.05) is 51.1 Å². The highest BCUT2D eigenvalue weighted by Gasteiger charge is 2.15. The molecular formula is C26H26N2O3. The third kappa shape index (κ3) is 4.61. The summed E-state index contributed by atoms with van der Waals surface area (Å²) in [6.45, 7) is 6.56. The molecule has 0 aliphatic rings. The normalized spacial score (nSPS) is 11.5. The number of nitrogens with zero attached hydrogens (tertiary/aromatic N) is 1. The first-order valence-electron chi connectivity index (χ1n) is 10.3. The third-order valence-electron chi connectivity index (χ3n) is 5.21. The van der Waals surface area contributed by atoms with Gasteiger partial charge < -0.3 is 14.5 Å². The van der Waals surface area contributed by atoms with Gasteiger partial charge in [-0.25, -0.2) is 4.98 Å². The lowest BCUT2D eigenvalue weighted by molar-refractivity contribution is -0.115. The van der Waals surface area contributed by atoms with Gasteiger partial charge in [0.1, 0.15) is 11.3 Å². The second-order valence-corrected chi connectivity index (χ2v) is 8.57. The Balaban J connectivity index is 1.52. The number of amides is 1. The zero-order valence-corrected chi connectivity index (χ0v) is 18.2. The summed E-state index contributed by atoms with van der Waals surface area (Å²) in [5.74, 6) is 1.14. The van der Waals surface area contributed by atoms with E-state index >= 15 is 0 Å². The van der Waals surface area contributed by atoms with Crippen molar-refractivity contribution in [2.45, 2.75) is 32.6 Å². The highest BCUT2D eigenvalue weighted by molar-refractivity contribution is 5.94. The Hall–Kier alpha value is -3.60. The van der Waals surface area contributed by atoms with Crippen LogP contribution in [0.5, 0.6) is 5.75 Å². The number of nitrogens with one attached hydrogen (secondary N) is 1. The number of aromatic nitrogens is 1. The topological polar surface area (TPSA) is 64.4 Å². The monoisotopic (exact) mass is 414 g/mol. The molecule has 4 rings (SSSR count). The maximum atomic E-state index is 12.5. The molecule has 1 aromatic heterocycles. The minimum atomic E-state index is -0.124. The third-order valence-corrected chi connectivity index (χ3v) is 5.21. The number of para-hydroxylation sites is 1. The Morgan fingerprint density at radius 1 is 1.03 bits per heavy atom. The average molecular weight is 415 g/mol. The lowest BCUT2D eigenvalue weighted by Gasteiger charge is -2.18. The van der Waals surface area contributed by atoms with Gasteiger partial charge in [-0.2, -0.15) is 0 Å². The van der Waals surface area contributed by atoms with E-state index in [9.17, 15) is 4.79 Å². The summed E-state index contributed by atoms with van der Waals surface area (Å²) in [7, 11) is 1.60. The highest BCUT2D eigenvalue weighted by atomic mass is 16.5. The summed E-state index contributed by atoms with van der Waals surface area (Å²) < 4.78 is 11.3. The summed E-state index contributed by atoms with van der Waals surface area (Å²) in [5.41, 5.74) is 5.15. The van der Waals surface area contributed by atoms with Gasteiger partial charge in [-0.3, -0.25) is 4.79 Å². The molecule has 0 atom stereocenters. The largest absolute Gasteiger partial charge is 0.496 e. The lowest BCUT2D eigenvalue weighted by Crippen LogP contribution is -2.14. The molecule has 1 heterocycles. The first-order valence-corrected chi connectivity index (χ1v) is 10.3. The van der Waals surface area contributed by atoms with E-state index in [0.29, 0.717) is 22.9 Å². The molecule has 0 aliphatic carbocycles. The molecule has 3 aromatic carbocycles. The molecule has 0 spiro atoms.